The van der Waals surface area contributed by atoms with E-state index < -0.39 is 35.1 Å². The molecule has 7 nitrogen and oxygen atoms in total. The van der Waals surface area contributed by atoms with Crippen LogP contribution < -0.4 is 10.3 Å². The van der Waals surface area contributed by atoms with Gasteiger partial charge in [0, 0.05) is 18.1 Å². The lowest BCUT2D eigenvalue weighted by Crippen LogP contribution is -2.18. The van der Waals surface area contributed by atoms with Crippen LogP contribution >= 0.6 is 0 Å². The average Bonchev–Trinajstić information content (AvgIpc) is 3.06. The summed E-state index contributed by atoms with van der Waals surface area (Å²) in [6, 6.07) is 5.96. The van der Waals surface area contributed by atoms with Crippen LogP contribution in [0.25, 0.3) is 16.9 Å². The smallest absolute Gasteiger partial charge is 0.405 e. The molecule has 4 aromatic rings. The summed E-state index contributed by atoms with van der Waals surface area (Å²) in [4.78, 5) is 22.6. The molecule has 0 amide bonds. The number of aromatic amines is 1. The largest absolute Gasteiger partial charge is 0.573 e. The normalized spacial score (nSPS) is 11.8. The lowest BCUT2D eigenvalue weighted by Gasteiger charge is -2.13. The van der Waals surface area contributed by atoms with Gasteiger partial charge in [-0.05, 0) is 6.07 Å². The minimum Gasteiger partial charge on any atom is -0.405 e. The number of ether oxygens (including phenoxy) is 1. The first-order valence-electron chi connectivity index (χ1n) is 8.33. The summed E-state index contributed by atoms with van der Waals surface area (Å²) < 4.78 is 70.0. The summed E-state index contributed by atoms with van der Waals surface area (Å²) in [5.74, 6) is -2.80. The van der Waals surface area contributed by atoms with Crippen LogP contribution in [0.3, 0.4) is 0 Å². The van der Waals surface area contributed by atoms with Crippen molar-refractivity contribution in [2.24, 2.45) is 0 Å². The molecule has 0 radical (unpaired) electrons. The van der Waals surface area contributed by atoms with Gasteiger partial charge in [0.15, 0.2) is 17.3 Å². The molecule has 0 fully saturated rings. The quantitative estimate of drug-likeness (QED) is 0.510. The number of para-hydroxylation sites is 1. The molecule has 0 aliphatic heterocycles. The Bertz CT molecular complexity index is 1300. The predicted molar refractivity (Wildman–Crippen MR) is 93.1 cm³/mol. The van der Waals surface area contributed by atoms with Gasteiger partial charge >= 0.3 is 6.36 Å². The molecule has 4 rings (SSSR count). The van der Waals surface area contributed by atoms with Gasteiger partial charge in [-0.1, -0.05) is 18.2 Å². The molecule has 154 valence electrons. The van der Waals surface area contributed by atoms with Crippen molar-refractivity contribution in [1.29, 1.82) is 0 Å². The van der Waals surface area contributed by atoms with Crippen molar-refractivity contribution in [3.63, 3.8) is 0 Å². The van der Waals surface area contributed by atoms with Gasteiger partial charge in [0.05, 0.1) is 12.4 Å². The highest BCUT2D eigenvalue weighted by molar-refractivity contribution is 5.74. The molecule has 0 saturated heterocycles. The van der Waals surface area contributed by atoms with Gasteiger partial charge < -0.3 is 9.72 Å². The minimum atomic E-state index is -4.90. The Morgan fingerprint density at radius 1 is 1.13 bits per heavy atom. The third-order valence-corrected chi connectivity index (χ3v) is 4.03. The number of aromatic nitrogens is 5. The number of H-pyrrole nitrogens is 1. The fraction of sp³-hybridized carbons (Fsp3) is 0.111. The first kappa shape index (κ1) is 19.5. The zero-order valence-electron chi connectivity index (χ0n) is 14.7. The number of pyridine rings is 1. The topological polar surface area (TPSA) is 85.7 Å². The van der Waals surface area contributed by atoms with E-state index in [1.54, 1.807) is 0 Å². The Balaban J connectivity index is 1.78. The molecule has 12 heteroatoms. The summed E-state index contributed by atoms with van der Waals surface area (Å²) in [5, 5.41) is 3.86. The van der Waals surface area contributed by atoms with Crippen molar-refractivity contribution >= 4 is 11.0 Å². The fourth-order valence-electron chi connectivity index (χ4n) is 2.82. The maximum atomic E-state index is 14.1. The molecule has 0 aliphatic carbocycles. The lowest BCUT2D eigenvalue weighted by atomic mass is 10.1. The Labute approximate surface area is 163 Å². The van der Waals surface area contributed by atoms with Crippen molar-refractivity contribution in [2.45, 2.75) is 12.8 Å². The van der Waals surface area contributed by atoms with Crippen LogP contribution in [0.5, 0.6) is 5.75 Å². The highest BCUT2D eigenvalue weighted by Crippen LogP contribution is 2.27. The van der Waals surface area contributed by atoms with Gasteiger partial charge in [-0.3, -0.25) is 4.79 Å². The van der Waals surface area contributed by atoms with E-state index in [-0.39, 0.29) is 28.8 Å². The summed E-state index contributed by atoms with van der Waals surface area (Å²) in [6.45, 7) is 0. The number of fused-ring (bicyclic) bond motifs is 1. The van der Waals surface area contributed by atoms with E-state index in [0.29, 0.717) is 6.07 Å². The second kappa shape index (κ2) is 7.21. The number of hydrogen-bond acceptors (Lipinski definition) is 5. The van der Waals surface area contributed by atoms with Crippen LogP contribution in [0.4, 0.5) is 22.0 Å². The van der Waals surface area contributed by atoms with E-state index in [2.05, 4.69) is 24.8 Å². The van der Waals surface area contributed by atoms with E-state index in [1.165, 1.54) is 18.2 Å². The molecule has 0 spiro atoms. The molecule has 3 aromatic heterocycles. The number of rotatable bonds is 4. The number of alkyl halides is 3. The van der Waals surface area contributed by atoms with Gasteiger partial charge in [-0.2, -0.15) is 9.78 Å². The molecule has 0 unspecified atom stereocenters. The summed E-state index contributed by atoms with van der Waals surface area (Å²) in [7, 11) is 0. The minimum absolute atomic E-state index is 0.0101. The van der Waals surface area contributed by atoms with Crippen LogP contribution in [-0.4, -0.2) is 31.1 Å². The van der Waals surface area contributed by atoms with E-state index in [9.17, 15) is 26.7 Å². The molecule has 1 N–H and O–H groups in total. The highest BCUT2D eigenvalue weighted by atomic mass is 19.4. The number of halogens is 5. The van der Waals surface area contributed by atoms with Crippen LogP contribution in [0.2, 0.25) is 0 Å². The maximum absolute atomic E-state index is 14.1. The van der Waals surface area contributed by atoms with E-state index in [1.807, 2.05) is 0 Å². The van der Waals surface area contributed by atoms with Crippen LogP contribution in [0.15, 0.2) is 47.5 Å². The molecule has 30 heavy (non-hydrogen) atoms. The van der Waals surface area contributed by atoms with Gasteiger partial charge in [-0.25, -0.2) is 18.7 Å². The van der Waals surface area contributed by atoms with E-state index in [4.69, 9.17) is 0 Å². The van der Waals surface area contributed by atoms with Gasteiger partial charge in [0.2, 0.25) is 0 Å². The molecular weight excluding hydrogens is 413 g/mol. The molecule has 0 aliphatic rings. The lowest BCUT2D eigenvalue weighted by molar-refractivity contribution is -0.274. The number of hydrogen-bond donors (Lipinski definition) is 1. The molecule has 1 aromatic carbocycles. The molecule has 0 bridgehead atoms. The van der Waals surface area contributed by atoms with Crippen LogP contribution in [-0.2, 0) is 6.42 Å². The molecule has 0 atom stereocenters. The van der Waals surface area contributed by atoms with Crippen LogP contribution in [0, 0.1) is 11.6 Å². The second-order valence-electron chi connectivity index (χ2n) is 6.10. The Kier molecular flexibility index (Phi) is 4.68. The zero-order chi connectivity index (χ0) is 21.5. The van der Waals surface area contributed by atoms with Crippen molar-refractivity contribution in [2.75, 3.05) is 0 Å². The fourth-order valence-corrected chi connectivity index (χ4v) is 2.82. The Morgan fingerprint density at radius 2 is 1.90 bits per heavy atom. The van der Waals surface area contributed by atoms with Gasteiger partial charge in [0.25, 0.3) is 5.56 Å². The second-order valence-corrected chi connectivity index (χ2v) is 6.10. The molecular formula is C18H10F5N5O2. The SMILES string of the molecule is O=c1[nH]c(Cc2ccccc2OC(F)(F)F)nc2c1cnn2-c1ncc(F)cc1F. The third-order valence-electron chi connectivity index (χ3n) is 4.03. The number of nitrogens with one attached hydrogen (secondary N) is 1. The molecule has 0 saturated carbocycles. The van der Waals surface area contributed by atoms with E-state index in [0.717, 1.165) is 23.1 Å². The summed E-state index contributed by atoms with van der Waals surface area (Å²) in [6.07, 6.45) is -3.23. The Morgan fingerprint density at radius 3 is 2.63 bits per heavy atom. The number of benzene rings is 1. The van der Waals surface area contributed by atoms with Crippen molar-refractivity contribution in [1.82, 2.24) is 24.7 Å². The van der Waals surface area contributed by atoms with E-state index >= 15 is 0 Å². The average molecular weight is 423 g/mol. The first-order chi connectivity index (χ1) is 14.2. The summed E-state index contributed by atoms with van der Waals surface area (Å²) >= 11 is 0. The number of nitrogens with zero attached hydrogens (tertiary/aromatic N) is 4. The zero-order valence-corrected chi connectivity index (χ0v) is 14.7. The maximum Gasteiger partial charge on any atom is 0.573 e. The van der Waals surface area contributed by atoms with Crippen molar-refractivity contribution < 1.29 is 26.7 Å². The van der Waals surface area contributed by atoms with Crippen LogP contribution in [0.1, 0.15) is 11.4 Å². The third kappa shape index (κ3) is 3.83. The summed E-state index contributed by atoms with van der Waals surface area (Å²) in [5.41, 5.74) is -0.631. The van der Waals surface area contributed by atoms with Gasteiger partial charge in [0.1, 0.15) is 22.8 Å². The first-order valence-corrected chi connectivity index (χ1v) is 8.33. The monoisotopic (exact) mass is 423 g/mol. The Hall–Kier alpha value is -3.83. The highest BCUT2D eigenvalue weighted by Gasteiger charge is 2.32. The molecule has 3 heterocycles. The standard InChI is InChI=1S/C18H10F5N5O2/c19-10-6-12(20)16(24-7-10)28-15-11(8-25-28)17(29)27-14(26-15)5-9-3-1-2-4-13(9)30-18(21,22)23/h1-4,6-8H,5H2,(H,26,27,29). The predicted octanol–water partition coefficient (Wildman–Crippen LogP) is 3.27. The van der Waals surface area contributed by atoms with Gasteiger partial charge in [-0.15, -0.1) is 13.2 Å². The van der Waals surface area contributed by atoms with Crippen molar-refractivity contribution in [3.05, 3.63) is 76.1 Å². The van der Waals surface area contributed by atoms with Crippen molar-refractivity contribution in [3.8, 4) is 11.6 Å².